The van der Waals surface area contributed by atoms with E-state index in [9.17, 15) is 10.2 Å². The molecular weight excluding hydrogens is 608 g/mol. The summed E-state index contributed by atoms with van der Waals surface area (Å²) in [7, 11) is 0. The molecule has 0 fully saturated rings. The summed E-state index contributed by atoms with van der Waals surface area (Å²) in [6.07, 6.45) is 4.35. The average Bonchev–Trinajstić information content (AvgIpc) is 3.68. The van der Waals surface area contributed by atoms with Crippen LogP contribution in [0.25, 0.3) is 33.4 Å². The molecule has 0 aliphatic heterocycles. The first-order valence-electron chi connectivity index (χ1n) is 17.6. The second-order valence-electron chi connectivity index (χ2n) is 15.6. The highest BCUT2D eigenvalue weighted by molar-refractivity contribution is 5.75. The summed E-state index contributed by atoms with van der Waals surface area (Å²) in [6, 6.07) is 23.8. The SMILES string of the molecule is CCCC(c1cc(Cc2cc(C(CCC)C(C)(C)C)cc(-n3nc4ccccc4n3)c2O)c(O)c(-n2nc3ccccc3n2)c1)C(C)(C)C. The second-order valence-corrected chi connectivity index (χ2v) is 15.6. The molecule has 6 rings (SSSR count). The minimum Gasteiger partial charge on any atom is -0.505 e. The van der Waals surface area contributed by atoms with Crippen LogP contribution in [0, 0.1) is 10.8 Å². The van der Waals surface area contributed by atoms with Crippen molar-refractivity contribution in [3.63, 3.8) is 0 Å². The first kappa shape index (κ1) is 34.2. The molecule has 0 bridgehead atoms. The lowest BCUT2D eigenvalue weighted by molar-refractivity contribution is 0.302. The Hall–Kier alpha value is -4.72. The van der Waals surface area contributed by atoms with Crippen molar-refractivity contribution in [2.75, 3.05) is 0 Å². The fourth-order valence-electron chi connectivity index (χ4n) is 7.30. The van der Waals surface area contributed by atoms with E-state index in [-0.39, 0.29) is 34.2 Å². The Balaban J connectivity index is 1.57. The van der Waals surface area contributed by atoms with Gasteiger partial charge in [0.1, 0.15) is 44.9 Å². The van der Waals surface area contributed by atoms with E-state index in [0.29, 0.717) is 28.9 Å². The largest absolute Gasteiger partial charge is 0.505 e. The molecular formula is C41H50N6O2. The van der Waals surface area contributed by atoms with Crippen LogP contribution in [-0.4, -0.2) is 40.2 Å². The number of rotatable bonds is 10. The summed E-state index contributed by atoms with van der Waals surface area (Å²) in [4.78, 5) is 3.10. The molecule has 2 atom stereocenters. The molecule has 0 saturated heterocycles. The number of fused-ring (bicyclic) bond motifs is 2. The van der Waals surface area contributed by atoms with Gasteiger partial charge in [0.25, 0.3) is 0 Å². The lowest BCUT2D eigenvalue weighted by atomic mass is 9.73. The Morgan fingerprint density at radius 1 is 0.551 bits per heavy atom. The van der Waals surface area contributed by atoms with Crippen LogP contribution in [0.3, 0.4) is 0 Å². The third-order valence-corrected chi connectivity index (χ3v) is 9.82. The summed E-state index contributed by atoms with van der Waals surface area (Å²) in [5, 5.41) is 43.1. The molecule has 8 nitrogen and oxygen atoms in total. The standard InChI is InChI=1S/C41H50N6O2/c1-9-15-30(40(3,4)5)26-21-28(38(48)36(24-26)46-42-32-17-11-12-18-33(32)43-46)23-29-22-27(31(16-10-2)41(6,7)8)25-37(39(29)49)47-44-34-19-13-14-20-35(34)45-47/h11-14,17-22,24-25,30-31,48-49H,9-10,15-16,23H2,1-8H3. The maximum atomic E-state index is 12.0. The molecule has 2 N–H and O–H groups in total. The first-order chi connectivity index (χ1) is 23.3. The Kier molecular flexibility index (Phi) is 9.27. The van der Waals surface area contributed by atoms with Gasteiger partial charge >= 0.3 is 0 Å². The zero-order valence-corrected chi connectivity index (χ0v) is 30.2. The minimum atomic E-state index is -0.0210. The van der Waals surface area contributed by atoms with E-state index in [4.69, 9.17) is 20.4 Å². The monoisotopic (exact) mass is 658 g/mol. The van der Waals surface area contributed by atoms with E-state index in [0.717, 1.165) is 58.9 Å². The molecule has 4 aromatic carbocycles. The molecule has 256 valence electrons. The fourth-order valence-corrected chi connectivity index (χ4v) is 7.30. The van der Waals surface area contributed by atoms with Crippen LogP contribution < -0.4 is 0 Å². The molecule has 0 aliphatic carbocycles. The molecule has 2 aromatic heterocycles. The predicted molar refractivity (Wildman–Crippen MR) is 198 cm³/mol. The molecule has 8 heteroatoms. The van der Waals surface area contributed by atoms with Gasteiger partial charge in [0.2, 0.25) is 0 Å². The van der Waals surface area contributed by atoms with Crippen LogP contribution in [0.1, 0.15) is 115 Å². The van der Waals surface area contributed by atoms with Crippen molar-refractivity contribution in [3.05, 3.63) is 95.1 Å². The van der Waals surface area contributed by atoms with Gasteiger partial charge in [0, 0.05) is 17.5 Å². The summed E-state index contributed by atoms with van der Waals surface area (Å²) in [5.74, 6) is 0.657. The number of nitrogens with zero attached hydrogens (tertiary/aromatic N) is 6. The van der Waals surface area contributed by atoms with Crippen molar-refractivity contribution in [3.8, 4) is 22.9 Å². The van der Waals surface area contributed by atoms with Crippen LogP contribution in [-0.2, 0) is 6.42 Å². The Morgan fingerprint density at radius 2 is 0.878 bits per heavy atom. The molecule has 49 heavy (non-hydrogen) atoms. The average molecular weight is 659 g/mol. The van der Waals surface area contributed by atoms with Crippen LogP contribution >= 0.6 is 0 Å². The van der Waals surface area contributed by atoms with Crippen molar-refractivity contribution >= 4 is 22.1 Å². The molecule has 0 amide bonds. The van der Waals surface area contributed by atoms with E-state index in [2.05, 4.69) is 67.5 Å². The smallest absolute Gasteiger partial charge is 0.146 e. The normalized spacial score (nSPS) is 13.7. The van der Waals surface area contributed by atoms with E-state index >= 15 is 0 Å². The molecule has 0 spiro atoms. The summed E-state index contributed by atoms with van der Waals surface area (Å²) in [5.41, 5.74) is 7.70. The minimum absolute atomic E-state index is 0.0210. The third kappa shape index (κ3) is 6.91. The Morgan fingerprint density at radius 3 is 1.16 bits per heavy atom. The van der Waals surface area contributed by atoms with Crippen molar-refractivity contribution in [1.29, 1.82) is 0 Å². The number of hydrogen-bond donors (Lipinski definition) is 2. The molecule has 6 aromatic rings. The van der Waals surface area contributed by atoms with Crippen LogP contribution in [0.2, 0.25) is 0 Å². The zero-order chi connectivity index (χ0) is 35.1. The van der Waals surface area contributed by atoms with Gasteiger partial charge < -0.3 is 10.2 Å². The highest BCUT2D eigenvalue weighted by Gasteiger charge is 2.30. The van der Waals surface area contributed by atoms with Gasteiger partial charge in [-0.1, -0.05) is 105 Å². The van der Waals surface area contributed by atoms with Crippen molar-refractivity contribution in [1.82, 2.24) is 30.0 Å². The number of aromatic nitrogens is 6. The number of hydrogen-bond acceptors (Lipinski definition) is 6. The number of phenolic OH excluding ortho intramolecular Hbond substituents is 2. The van der Waals surface area contributed by atoms with Gasteiger partial charge in [-0.2, -0.15) is 0 Å². The topological polar surface area (TPSA) is 102 Å². The van der Waals surface area contributed by atoms with Gasteiger partial charge in [-0.15, -0.1) is 30.0 Å². The number of phenols is 2. The summed E-state index contributed by atoms with van der Waals surface area (Å²) < 4.78 is 0. The quantitative estimate of drug-likeness (QED) is 0.152. The van der Waals surface area contributed by atoms with Crippen LogP contribution in [0.15, 0.2) is 72.8 Å². The lowest BCUT2D eigenvalue weighted by Gasteiger charge is -2.32. The second kappa shape index (κ2) is 13.3. The van der Waals surface area contributed by atoms with Gasteiger partial charge in [-0.3, -0.25) is 0 Å². The van der Waals surface area contributed by atoms with E-state index in [1.807, 2.05) is 60.7 Å². The third-order valence-electron chi connectivity index (χ3n) is 9.82. The summed E-state index contributed by atoms with van der Waals surface area (Å²) in [6.45, 7) is 18.0. The maximum absolute atomic E-state index is 12.0. The summed E-state index contributed by atoms with van der Waals surface area (Å²) >= 11 is 0. The van der Waals surface area contributed by atoms with Gasteiger partial charge in [-0.05, 0) is 83.0 Å². The first-order valence-corrected chi connectivity index (χ1v) is 17.6. The number of aromatic hydroxyl groups is 2. The maximum Gasteiger partial charge on any atom is 0.146 e. The highest BCUT2D eigenvalue weighted by atomic mass is 16.3. The Labute approximate surface area is 289 Å². The molecule has 0 aliphatic rings. The van der Waals surface area contributed by atoms with Gasteiger partial charge in [0.05, 0.1) is 0 Å². The highest BCUT2D eigenvalue weighted by Crippen LogP contribution is 2.45. The van der Waals surface area contributed by atoms with Gasteiger partial charge in [0.15, 0.2) is 0 Å². The fraction of sp³-hybridized carbons (Fsp3) is 0.415. The van der Waals surface area contributed by atoms with Crippen LogP contribution in [0.4, 0.5) is 0 Å². The molecule has 0 radical (unpaired) electrons. The molecule has 2 unspecified atom stereocenters. The van der Waals surface area contributed by atoms with E-state index < -0.39 is 0 Å². The number of benzene rings is 4. The predicted octanol–water partition coefficient (Wildman–Crippen LogP) is 10.0. The van der Waals surface area contributed by atoms with Crippen LogP contribution in [0.5, 0.6) is 11.5 Å². The molecule has 0 saturated carbocycles. The van der Waals surface area contributed by atoms with E-state index in [1.165, 1.54) is 0 Å². The van der Waals surface area contributed by atoms with Crippen molar-refractivity contribution < 1.29 is 10.2 Å². The van der Waals surface area contributed by atoms with E-state index in [1.54, 1.807) is 9.59 Å². The van der Waals surface area contributed by atoms with Crippen molar-refractivity contribution in [2.45, 2.75) is 99.3 Å². The molecule has 2 heterocycles. The Bertz CT molecular complexity index is 1880. The lowest BCUT2D eigenvalue weighted by Crippen LogP contribution is -2.19. The zero-order valence-electron chi connectivity index (χ0n) is 30.2. The van der Waals surface area contributed by atoms with Gasteiger partial charge in [-0.25, -0.2) is 0 Å². The van der Waals surface area contributed by atoms with Crippen molar-refractivity contribution in [2.24, 2.45) is 10.8 Å².